The zero-order valence-electron chi connectivity index (χ0n) is 20.9. The van der Waals surface area contributed by atoms with Crippen molar-refractivity contribution in [3.63, 3.8) is 0 Å². The van der Waals surface area contributed by atoms with Crippen LogP contribution in [0.5, 0.6) is 0 Å². The SMILES string of the molecule is CCN(CC)C(=O)[C@@H]1CCCN1C(=O)C(CC(=O)/C=C(\C)c1ccc(C)cc1)C(C)(C)C. The fourth-order valence-electron chi connectivity index (χ4n) is 4.40. The number of amides is 2. The lowest BCUT2D eigenvalue weighted by atomic mass is 9.76. The summed E-state index contributed by atoms with van der Waals surface area (Å²) in [4.78, 5) is 43.1. The first kappa shape index (κ1) is 25.8. The number of rotatable bonds is 8. The van der Waals surface area contributed by atoms with Crippen molar-refractivity contribution in [3.8, 4) is 0 Å². The summed E-state index contributed by atoms with van der Waals surface area (Å²) in [5, 5.41) is 0. The van der Waals surface area contributed by atoms with E-state index >= 15 is 0 Å². The molecule has 2 rings (SSSR count). The van der Waals surface area contributed by atoms with E-state index in [4.69, 9.17) is 0 Å². The van der Waals surface area contributed by atoms with Gasteiger partial charge in [0.05, 0.1) is 5.92 Å². The number of allylic oxidation sites excluding steroid dienone is 2. The minimum atomic E-state index is -0.470. The van der Waals surface area contributed by atoms with Crippen molar-refractivity contribution >= 4 is 23.2 Å². The van der Waals surface area contributed by atoms with Gasteiger partial charge in [0.25, 0.3) is 0 Å². The third kappa shape index (κ3) is 6.30. The Morgan fingerprint density at radius 2 is 1.72 bits per heavy atom. The summed E-state index contributed by atoms with van der Waals surface area (Å²) in [6.07, 6.45) is 3.31. The Morgan fingerprint density at radius 1 is 1.12 bits per heavy atom. The molecule has 0 spiro atoms. The van der Waals surface area contributed by atoms with Crippen LogP contribution in [0.15, 0.2) is 30.3 Å². The van der Waals surface area contributed by atoms with Gasteiger partial charge in [0.15, 0.2) is 5.78 Å². The zero-order chi connectivity index (χ0) is 24.1. The third-order valence-electron chi connectivity index (χ3n) is 6.53. The van der Waals surface area contributed by atoms with Crippen molar-refractivity contribution in [2.75, 3.05) is 19.6 Å². The van der Waals surface area contributed by atoms with Gasteiger partial charge in [-0.25, -0.2) is 0 Å². The van der Waals surface area contributed by atoms with Crippen LogP contribution in [0.2, 0.25) is 0 Å². The minimum Gasteiger partial charge on any atom is -0.341 e. The van der Waals surface area contributed by atoms with Crippen molar-refractivity contribution in [2.24, 2.45) is 11.3 Å². The highest BCUT2D eigenvalue weighted by Gasteiger charge is 2.42. The lowest BCUT2D eigenvalue weighted by molar-refractivity contribution is -0.148. The molecule has 0 N–H and O–H groups in total. The molecule has 2 amide bonds. The van der Waals surface area contributed by atoms with E-state index in [0.29, 0.717) is 26.1 Å². The van der Waals surface area contributed by atoms with Gasteiger partial charge in [0.1, 0.15) is 6.04 Å². The van der Waals surface area contributed by atoms with Gasteiger partial charge in [-0.15, -0.1) is 0 Å². The van der Waals surface area contributed by atoms with Crippen LogP contribution in [0.3, 0.4) is 0 Å². The third-order valence-corrected chi connectivity index (χ3v) is 6.53. The van der Waals surface area contributed by atoms with E-state index in [1.54, 1.807) is 15.9 Å². The Balaban J connectivity index is 2.21. The first-order chi connectivity index (χ1) is 15.0. The molecule has 1 fully saturated rings. The van der Waals surface area contributed by atoms with Gasteiger partial charge in [-0.2, -0.15) is 0 Å². The Morgan fingerprint density at radius 3 is 2.25 bits per heavy atom. The maximum Gasteiger partial charge on any atom is 0.245 e. The van der Waals surface area contributed by atoms with Crippen molar-refractivity contribution in [2.45, 2.75) is 73.8 Å². The normalized spacial score (nSPS) is 17.9. The molecule has 0 bridgehead atoms. The van der Waals surface area contributed by atoms with Crippen molar-refractivity contribution in [1.29, 1.82) is 0 Å². The van der Waals surface area contributed by atoms with Crippen molar-refractivity contribution in [1.82, 2.24) is 9.80 Å². The highest BCUT2D eigenvalue weighted by Crippen LogP contribution is 2.34. The molecule has 0 aliphatic carbocycles. The van der Waals surface area contributed by atoms with Crippen LogP contribution in [-0.2, 0) is 14.4 Å². The monoisotopic (exact) mass is 440 g/mol. The Bertz CT molecular complexity index is 845. The average Bonchev–Trinajstić information content (AvgIpc) is 3.22. The van der Waals surface area contributed by atoms with E-state index in [9.17, 15) is 14.4 Å². The number of likely N-dealkylation sites (tertiary alicyclic amines) is 1. The number of hydrogen-bond donors (Lipinski definition) is 0. The minimum absolute atomic E-state index is 0.0231. The summed E-state index contributed by atoms with van der Waals surface area (Å²) in [5.41, 5.74) is 2.69. The number of hydrogen-bond acceptors (Lipinski definition) is 3. The number of aryl methyl sites for hydroxylation is 1. The Kier molecular flexibility index (Phi) is 8.82. The summed E-state index contributed by atoms with van der Waals surface area (Å²) in [6.45, 7) is 15.7. The van der Waals surface area contributed by atoms with Crippen LogP contribution in [0.25, 0.3) is 5.57 Å². The largest absolute Gasteiger partial charge is 0.341 e. The van der Waals surface area contributed by atoms with Crippen molar-refractivity contribution in [3.05, 3.63) is 41.5 Å². The van der Waals surface area contributed by atoms with Gasteiger partial charge in [0.2, 0.25) is 11.8 Å². The fourth-order valence-corrected chi connectivity index (χ4v) is 4.40. The number of carbonyl (C=O) groups is 3. The quantitative estimate of drug-likeness (QED) is 0.542. The topological polar surface area (TPSA) is 57.7 Å². The van der Waals surface area contributed by atoms with E-state index in [1.807, 2.05) is 72.7 Å². The summed E-state index contributed by atoms with van der Waals surface area (Å²) in [6, 6.07) is 7.66. The lowest BCUT2D eigenvalue weighted by Crippen LogP contribution is -2.51. The number of likely N-dealkylation sites (N-methyl/N-ethyl adjacent to an activating group) is 1. The van der Waals surface area contributed by atoms with Crippen LogP contribution >= 0.6 is 0 Å². The molecule has 1 aromatic rings. The average molecular weight is 441 g/mol. The molecule has 0 saturated carbocycles. The molecule has 2 atom stereocenters. The van der Waals surface area contributed by atoms with Gasteiger partial charge in [-0.1, -0.05) is 50.6 Å². The number of ketones is 1. The maximum absolute atomic E-state index is 13.6. The molecule has 1 aliphatic heterocycles. The second kappa shape index (κ2) is 10.9. The van der Waals surface area contributed by atoms with Crippen molar-refractivity contribution < 1.29 is 14.4 Å². The van der Waals surface area contributed by atoms with Gasteiger partial charge in [-0.3, -0.25) is 14.4 Å². The highest BCUT2D eigenvalue weighted by atomic mass is 16.2. The number of carbonyl (C=O) groups excluding carboxylic acids is 3. The molecule has 32 heavy (non-hydrogen) atoms. The van der Waals surface area contributed by atoms with E-state index in [0.717, 1.165) is 17.6 Å². The van der Waals surface area contributed by atoms with Crippen LogP contribution in [0, 0.1) is 18.3 Å². The van der Waals surface area contributed by atoms with Gasteiger partial charge in [0, 0.05) is 26.1 Å². The first-order valence-electron chi connectivity index (χ1n) is 11.9. The molecule has 1 heterocycles. The molecule has 176 valence electrons. The van der Waals surface area contributed by atoms with E-state index in [1.165, 1.54) is 5.56 Å². The number of nitrogens with zero attached hydrogens (tertiary/aromatic N) is 2. The van der Waals surface area contributed by atoms with Crippen LogP contribution in [0.1, 0.15) is 71.9 Å². The number of benzene rings is 1. The van der Waals surface area contributed by atoms with Gasteiger partial charge >= 0.3 is 0 Å². The standard InChI is InChI=1S/C27H40N2O3/c1-8-28(9-2)26(32)24-11-10-16-29(24)25(31)23(27(5,6)7)18-22(30)17-20(4)21-14-12-19(3)13-15-21/h12-15,17,23-24H,8-11,16,18H2,1-7H3/b20-17+/t23?,24-/m0/s1. The second-order valence-corrected chi connectivity index (χ2v) is 9.98. The van der Waals surface area contributed by atoms with Crippen LogP contribution < -0.4 is 0 Å². The Hall–Kier alpha value is -2.43. The van der Waals surface area contributed by atoms with Crippen LogP contribution in [-0.4, -0.2) is 53.1 Å². The summed E-state index contributed by atoms with van der Waals surface area (Å²) in [5.74, 6) is -0.575. The van der Waals surface area contributed by atoms with Crippen LogP contribution in [0.4, 0.5) is 0 Å². The lowest BCUT2D eigenvalue weighted by Gasteiger charge is -2.36. The molecule has 1 aromatic carbocycles. The highest BCUT2D eigenvalue weighted by molar-refractivity contribution is 5.99. The van der Waals surface area contributed by atoms with Gasteiger partial charge < -0.3 is 9.80 Å². The molecule has 0 aromatic heterocycles. The summed E-state index contributed by atoms with van der Waals surface area (Å²) in [7, 11) is 0. The summed E-state index contributed by atoms with van der Waals surface area (Å²) < 4.78 is 0. The molecule has 1 aliphatic rings. The molecular weight excluding hydrogens is 400 g/mol. The Labute approximate surface area is 193 Å². The second-order valence-electron chi connectivity index (χ2n) is 9.98. The van der Waals surface area contributed by atoms with E-state index in [-0.39, 0.29) is 29.4 Å². The predicted molar refractivity (Wildman–Crippen MR) is 130 cm³/mol. The van der Waals surface area contributed by atoms with E-state index in [2.05, 4.69) is 0 Å². The first-order valence-corrected chi connectivity index (χ1v) is 11.9. The fraction of sp³-hybridized carbons (Fsp3) is 0.593. The smallest absolute Gasteiger partial charge is 0.245 e. The molecule has 1 saturated heterocycles. The maximum atomic E-state index is 13.6. The summed E-state index contributed by atoms with van der Waals surface area (Å²) >= 11 is 0. The molecule has 5 nitrogen and oxygen atoms in total. The molecule has 1 unspecified atom stereocenters. The molecule has 5 heteroatoms. The van der Waals surface area contributed by atoms with Gasteiger partial charge in [-0.05, 0) is 63.2 Å². The predicted octanol–water partition coefficient (Wildman–Crippen LogP) is 4.88. The zero-order valence-corrected chi connectivity index (χ0v) is 20.9. The van der Waals surface area contributed by atoms with E-state index < -0.39 is 12.0 Å². The molecule has 0 radical (unpaired) electrons. The molecular formula is C27H40N2O3.